The van der Waals surface area contributed by atoms with Gasteiger partial charge in [0.1, 0.15) is 11.5 Å². The Hall–Kier alpha value is -4.94. The molecular weight excluding hydrogens is 710 g/mol. The van der Waals surface area contributed by atoms with Crippen LogP contribution in [0.4, 0.5) is 11.4 Å². The number of benzene rings is 4. The molecule has 3 heterocycles. The van der Waals surface area contributed by atoms with Gasteiger partial charge in [0.05, 0.1) is 16.7 Å². The van der Waals surface area contributed by atoms with Crippen molar-refractivity contribution in [1.82, 2.24) is 14.6 Å². The highest BCUT2D eigenvalue weighted by Gasteiger charge is 2.25. The third-order valence-electron chi connectivity index (χ3n) is 9.68. The van der Waals surface area contributed by atoms with Gasteiger partial charge in [-0.05, 0) is 96.1 Å². The second-order valence-electron chi connectivity index (χ2n) is 13.3. The molecule has 2 aliphatic rings. The van der Waals surface area contributed by atoms with Gasteiger partial charge in [0.15, 0.2) is 0 Å². The third-order valence-corrected chi connectivity index (χ3v) is 11.3. The standard InChI is InChI=1S/C41H42ClN5O5S/c42-33-8-14-38(31-5-2-1-3-6-31)32(25-33)29-46-19-21-47(22-20-46)35-11-15-39(40(26-35)52-36-7-4-18-43-28-36)41(48)45-53(49,50)37-12-9-34(10-13-37)44-27-30-16-23-51-24-17-30/h1-15,18,25-26,28,30,44H,16-17,19-24,27,29H2,(H,45,48). The lowest BCUT2D eigenvalue weighted by atomic mass is 9.99. The van der Waals surface area contributed by atoms with E-state index in [1.165, 1.54) is 23.3 Å². The zero-order chi connectivity index (χ0) is 36.6. The molecule has 1 amide bonds. The van der Waals surface area contributed by atoms with E-state index in [1.807, 2.05) is 36.4 Å². The Morgan fingerprint density at radius 3 is 2.40 bits per heavy atom. The second-order valence-corrected chi connectivity index (χ2v) is 15.4. The summed E-state index contributed by atoms with van der Waals surface area (Å²) >= 11 is 6.43. The summed E-state index contributed by atoms with van der Waals surface area (Å²) < 4.78 is 40.5. The average molecular weight is 752 g/mol. The van der Waals surface area contributed by atoms with Gasteiger partial charge in [0.25, 0.3) is 15.9 Å². The fraction of sp³-hybridized carbons (Fsp3) is 0.268. The molecule has 0 unspecified atom stereocenters. The molecule has 2 aliphatic heterocycles. The number of nitrogens with one attached hydrogen (secondary N) is 2. The number of hydrogen-bond acceptors (Lipinski definition) is 9. The number of pyridine rings is 1. The van der Waals surface area contributed by atoms with Gasteiger partial charge in [-0.25, -0.2) is 13.1 Å². The number of piperazine rings is 1. The van der Waals surface area contributed by atoms with Gasteiger partial charge in [0.2, 0.25) is 0 Å². The molecule has 53 heavy (non-hydrogen) atoms. The first-order valence-electron chi connectivity index (χ1n) is 17.8. The number of carbonyl (C=O) groups excluding carboxylic acids is 1. The summed E-state index contributed by atoms with van der Waals surface area (Å²) in [6.07, 6.45) is 5.16. The number of amides is 1. The molecule has 7 rings (SSSR count). The lowest BCUT2D eigenvalue weighted by Gasteiger charge is -2.36. The van der Waals surface area contributed by atoms with Crippen LogP contribution in [0.15, 0.2) is 120 Å². The summed E-state index contributed by atoms with van der Waals surface area (Å²) in [7, 11) is -4.17. The van der Waals surface area contributed by atoms with E-state index in [0.717, 1.165) is 82.3 Å². The van der Waals surface area contributed by atoms with Crippen LogP contribution in [0.5, 0.6) is 11.5 Å². The number of anilines is 2. The van der Waals surface area contributed by atoms with Crippen LogP contribution in [-0.4, -0.2) is 70.1 Å². The number of carbonyl (C=O) groups is 1. The Morgan fingerprint density at radius 2 is 1.66 bits per heavy atom. The summed E-state index contributed by atoms with van der Waals surface area (Å²) in [4.78, 5) is 22.4. The topological polar surface area (TPSA) is 113 Å². The molecule has 2 saturated heterocycles. The summed E-state index contributed by atoms with van der Waals surface area (Å²) in [6.45, 7) is 6.18. The quantitative estimate of drug-likeness (QED) is 0.134. The molecule has 0 atom stereocenters. The van der Waals surface area contributed by atoms with E-state index in [9.17, 15) is 13.2 Å². The van der Waals surface area contributed by atoms with Crippen molar-refractivity contribution in [3.05, 3.63) is 132 Å². The number of sulfonamides is 1. The van der Waals surface area contributed by atoms with Gasteiger partial charge >= 0.3 is 0 Å². The minimum absolute atomic E-state index is 0.0136. The Bertz CT molecular complexity index is 2110. The predicted molar refractivity (Wildman–Crippen MR) is 208 cm³/mol. The molecule has 5 aromatic rings. The van der Waals surface area contributed by atoms with Gasteiger partial charge < -0.3 is 19.7 Å². The van der Waals surface area contributed by atoms with Crippen molar-refractivity contribution in [3.63, 3.8) is 0 Å². The predicted octanol–water partition coefficient (Wildman–Crippen LogP) is 7.47. The number of halogens is 1. The SMILES string of the molecule is O=C(NS(=O)(=O)c1ccc(NCC2CCOCC2)cc1)c1ccc(N2CCN(Cc3cc(Cl)ccc3-c3ccccc3)CC2)cc1Oc1cccnc1. The normalized spacial score (nSPS) is 15.5. The van der Waals surface area contributed by atoms with Crippen LogP contribution >= 0.6 is 11.6 Å². The fourth-order valence-electron chi connectivity index (χ4n) is 6.71. The number of nitrogens with zero attached hydrogens (tertiary/aromatic N) is 3. The Balaban J connectivity index is 1.03. The van der Waals surface area contributed by atoms with Crippen LogP contribution in [-0.2, 0) is 21.3 Å². The van der Waals surface area contributed by atoms with Crippen LogP contribution in [0.25, 0.3) is 11.1 Å². The highest BCUT2D eigenvalue weighted by molar-refractivity contribution is 7.90. The van der Waals surface area contributed by atoms with Gasteiger partial charge in [-0.3, -0.25) is 14.7 Å². The first kappa shape index (κ1) is 36.4. The Labute approximate surface area is 315 Å². The maximum Gasteiger partial charge on any atom is 0.268 e. The van der Waals surface area contributed by atoms with Gasteiger partial charge in [-0.15, -0.1) is 0 Å². The number of hydrogen-bond donors (Lipinski definition) is 2. The molecule has 2 fully saturated rings. The number of aromatic nitrogens is 1. The Kier molecular flexibility index (Phi) is 11.6. The molecule has 0 spiro atoms. The third kappa shape index (κ3) is 9.36. The number of rotatable bonds is 12. The lowest BCUT2D eigenvalue weighted by molar-refractivity contribution is 0.0699. The molecule has 0 radical (unpaired) electrons. The van der Waals surface area contributed by atoms with Crippen LogP contribution in [0.2, 0.25) is 5.02 Å². The average Bonchev–Trinajstić information content (AvgIpc) is 3.18. The van der Waals surface area contributed by atoms with E-state index in [0.29, 0.717) is 16.7 Å². The Morgan fingerprint density at radius 1 is 0.887 bits per heavy atom. The molecule has 12 heteroatoms. The van der Waals surface area contributed by atoms with Gasteiger partial charge in [0, 0.05) is 81.1 Å². The summed E-state index contributed by atoms with van der Waals surface area (Å²) in [5.74, 6) is 0.368. The van der Waals surface area contributed by atoms with E-state index in [1.54, 1.807) is 48.8 Å². The van der Waals surface area contributed by atoms with Crippen molar-refractivity contribution in [2.75, 3.05) is 56.2 Å². The van der Waals surface area contributed by atoms with Crippen molar-refractivity contribution >= 4 is 38.9 Å². The van der Waals surface area contributed by atoms with Crippen molar-refractivity contribution in [2.24, 2.45) is 5.92 Å². The molecule has 2 N–H and O–H groups in total. The monoisotopic (exact) mass is 751 g/mol. The summed E-state index contributed by atoms with van der Waals surface area (Å²) in [5, 5.41) is 4.09. The second kappa shape index (κ2) is 16.8. The van der Waals surface area contributed by atoms with Gasteiger partial charge in [-0.1, -0.05) is 48.0 Å². The molecular formula is C41H42ClN5O5S. The molecule has 0 saturated carbocycles. The summed E-state index contributed by atoms with van der Waals surface area (Å²) in [6, 6.07) is 31.5. The van der Waals surface area contributed by atoms with E-state index in [4.69, 9.17) is 21.1 Å². The highest BCUT2D eigenvalue weighted by atomic mass is 35.5. The highest BCUT2D eigenvalue weighted by Crippen LogP contribution is 2.32. The molecule has 1 aromatic heterocycles. The smallest absolute Gasteiger partial charge is 0.268 e. The molecule has 0 aliphatic carbocycles. The zero-order valence-electron chi connectivity index (χ0n) is 29.3. The van der Waals surface area contributed by atoms with Crippen molar-refractivity contribution in [3.8, 4) is 22.6 Å². The number of ether oxygens (including phenoxy) is 2. The first-order valence-corrected chi connectivity index (χ1v) is 19.7. The lowest BCUT2D eigenvalue weighted by Crippen LogP contribution is -2.46. The molecule has 0 bridgehead atoms. The van der Waals surface area contributed by atoms with Crippen molar-refractivity contribution in [2.45, 2.75) is 24.3 Å². The van der Waals surface area contributed by atoms with Crippen molar-refractivity contribution in [1.29, 1.82) is 0 Å². The van der Waals surface area contributed by atoms with Gasteiger partial charge in [-0.2, -0.15) is 0 Å². The van der Waals surface area contributed by atoms with Crippen LogP contribution < -0.4 is 19.7 Å². The zero-order valence-corrected chi connectivity index (χ0v) is 30.9. The van der Waals surface area contributed by atoms with E-state index in [-0.39, 0.29) is 16.2 Å². The maximum atomic E-state index is 13.6. The molecule has 4 aromatic carbocycles. The van der Waals surface area contributed by atoms with Crippen LogP contribution in [0.1, 0.15) is 28.8 Å². The minimum atomic E-state index is -4.17. The molecule has 10 nitrogen and oxygen atoms in total. The summed E-state index contributed by atoms with van der Waals surface area (Å²) in [5.41, 5.74) is 5.26. The van der Waals surface area contributed by atoms with E-state index < -0.39 is 15.9 Å². The maximum absolute atomic E-state index is 13.6. The van der Waals surface area contributed by atoms with E-state index >= 15 is 0 Å². The fourth-order valence-corrected chi connectivity index (χ4v) is 7.87. The largest absolute Gasteiger partial charge is 0.455 e. The minimum Gasteiger partial charge on any atom is -0.455 e. The van der Waals surface area contributed by atoms with Crippen LogP contribution in [0.3, 0.4) is 0 Å². The molecule has 274 valence electrons. The van der Waals surface area contributed by atoms with E-state index in [2.05, 4.69) is 43.0 Å². The first-order chi connectivity index (χ1) is 25.8. The van der Waals surface area contributed by atoms with Crippen LogP contribution in [0, 0.1) is 5.92 Å². The van der Waals surface area contributed by atoms with Crippen molar-refractivity contribution < 1.29 is 22.7 Å².